The molecular weight excluding hydrogens is 320 g/mol. The number of nitrogens with zero attached hydrogens (tertiary/aromatic N) is 4. The van der Waals surface area contributed by atoms with Gasteiger partial charge in [-0.2, -0.15) is 0 Å². The molecule has 3 aromatic rings. The van der Waals surface area contributed by atoms with Crippen LogP contribution >= 0.6 is 0 Å². The van der Waals surface area contributed by atoms with Gasteiger partial charge in [0.05, 0.1) is 17.5 Å². The lowest BCUT2D eigenvalue weighted by Crippen LogP contribution is -2.25. The fourth-order valence-electron chi connectivity index (χ4n) is 2.68. The number of fused-ring (bicyclic) bond motifs is 1. The minimum Gasteiger partial charge on any atom is -0.442 e. The molecule has 0 aromatic carbocycles. The van der Waals surface area contributed by atoms with E-state index >= 15 is 0 Å². The van der Waals surface area contributed by atoms with E-state index in [1.807, 2.05) is 0 Å². The van der Waals surface area contributed by atoms with Gasteiger partial charge in [-0.15, -0.1) is 0 Å². The first-order valence-electron chi connectivity index (χ1n) is 8.12. The van der Waals surface area contributed by atoms with Crippen LogP contribution < -0.4 is 10.6 Å². The molecule has 2 N–H and O–H groups in total. The van der Waals surface area contributed by atoms with E-state index in [1.54, 1.807) is 25.4 Å². The molecule has 0 aliphatic heterocycles. The van der Waals surface area contributed by atoms with Gasteiger partial charge in [0.25, 0.3) is 5.91 Å². The largest absolute Gasteiger partial charge is 0.442 e. The van der Waals surface area contributed by atoms with Gasteiger partial charge in [0.15, 0.2) is 0 Å². The Bertz CT molecular complexity index is 933. The Hall–Kier alpha value is -3.03. The van der Waals surface area contributed by atoms with Gasteiger partial charge in [-0.1, -0.05) is 0 Å². The predicted octanol–water partition coefficient (Wildman–Crippen LogP) is 2.22. The highest BCUT2D eigenvalue weighted by molar-refractivity contribution is 6.10. The molecule has 0 spiro atoms. The van der Waals surface area contributed by atoms with E-state index in [9.17, 15) is 4.79 Å². The predicted molar refractivity (Wildman–Crippen MR) is 91.0 cm³/mol. The van der Waals surface area contributed by atoms with Crippen LogP contribution in [0.25, 0.3) is 11.1 Å². The first kappa shape index (κ1) is 15.5. The van der Waals surface area contributed by atoms with Crippen LogP contribution in [0.15, 0.2) is 29.2 Å². The SMILES string of the molecule is Cc1oc2ncnc(NC3(C)CC3)c2c1C(=O)NCc1ncccn1. The highest BCUT2D eigenvalue weighted by atomic mass is 16.3. The van der Waals surface area contributed by atoms with Crippen LogP contribution in [0.2, 0.25) is 0 Å². The number of carbonyl (C=O) groups is 1. The molecule has 1 fully saturated rings. The van der Waals surface area contributed by atoms with Crippen LogP contribution in [0.1, 0.15) is 41.7 Å². The number of aryl methyl sites for hydroxylation is 1. The first-order valence-corrected chi connectivity index (χ1v) is 8.12. The molecule has 1 aliphatic carbocycles. The first-order chi connectivity index (χ1) is 12.1. The van der Waals surface area contributed by atoms with Crippen LogP contribution in [0.4, 0.5) is 5.82 Å². The molecule has 0 bridgehead atoms. The molecule has 0 atom stereocenters. The second kappa shape index (κ2) is 5.80. The van der Waals surface area contributed by atoms with E-state index in [1.165, 1.54) is 6.33 Å². The van der Waals surface area contributed by atoms with Crippen molar-refractivity contribution >= 4 is 22.8 Å². The maximum Gasteiger partial charge on any atom is 0.256 e. The Morgan fingerprint density at radius 1 is 1.24 bits per heavy atom. The van der Waals surface area contributed by atoms with Gasteiger partial charge in [-0.05, 0) is 32.8 Å². The molecule has 3 heterocycles. The Morgan fingerprint density at radius 3 is 2.72 bits per heavy atom. The van der Waals surface area contributed by atoms with Gasteiger partial charge in [-0.3, -0.25) is 4.79 Å². The summed E-state index contributed by atoms with van der Waals surface area (Å²) in [5.41, 5.74) is 0.872. The summed E-state index contributed by atoms with van der Waals surface area (Å²) < 4.78 is 5.66. The summed E-state index contributed by atoms with van der Waals surface area (Å²) in [7, 11) is 0. The number of anilines is 1. The zero-order chi connectivity index (χ0) is 17.4. The summed E-state index contributed by atoms with van der Waals surface area (Å²) in [4.78, 5) is 29.4. The second-order valence-electron chi connectivity index (χ2n) is 6.47. The Kier molecular flexibility index (Phi) is 3.60. The van der Waals surface area contributed by atoms with Crippen molar-refractivity contribution in [1.29, 1.82) is 0 Å². The average molecular weight is 338 g/mol. The Balaban J connectivity index is 1.66. The van der Waals surface area contributed by atoms with Crippen molar-refractivity contribution in [3.63, 3.8) is 0 Å². The summed E-state index contributed by atoms with van der Waals surface area (Å²) in [6, 6.07) is 1.73. The molecule has 8 nitrogen and oxygen atoms in total. The fourth-order valence-corrected chi connectivity index (χ4v) is 2.68. The Morgan fingerprint density at radius 2 is 2.00 bits per heavy atom. The number of rotatable bonds is 5. The van der Waals surface area contributed by atoms with Crippen molar-refractivity contribution in [2.45, 2.75) is 38.8 Å². The van der Waals surface area contributed by atoms with Crippen LogP contribution in [0.5, 0.6) is 0 Å². The van der Waals surface area contributed by atoms with Crippen molar-refractivity contribution in [2.24, 2.45) is 0 Å². The summed E-state index contributed by atoms with van der Waals surface area (Å²) >= 11 is 0. The third kappa shape index (κ3) is 3.02. The van der Waals surface area contributed by atoms with Crippen molar-refractivity contribution in [3.8, 4) is 0 Å². The molecule has 25 heavy (non-hydrogen) atoms. The van der Waals surface area contributed by atoms with Gasteiger partial charge in [0.2, 0.25) is 5.71 Å². The average Bonchev–Trinajstić information content (AvgIpc) is 3.22. The van der Waals surface area contributed by atoms with E-state index < -0.39 is 0 Å². The highest BCUT2D eigenvalue weighted by Crippen LogP contribution is 2.40. The summed E-state index contributed by atoms with van der Waals surface area (Å²) in [5, 5.41) is 6.85. The molecular formula is C17H18N6O2. The minimum absolute atomic E-state index is 0.0259. The number of carbonyl (C=O) groups excluding carboxylic acids is 1. The van der Waals surface area contributed by atoms with Gasteiger partial charge >= 0.3 is 0 Å². The minimum atomic E-state index is -0.262. The highest BCUT2D eigenvalue weighted by Gasteiger charge is 2.38. The fraction of sp³-hybridized carbons (Fsp3) is 0.353. The van der Waals surface area contributed by atoms with Crippen LogP contribution in [0.3, 0.4) is 0 Å². The van der Waals surface area contributed by atoms with E-state index in [4.69, 9.17) is 4.42 Å². The maximum absolute atomic E-state index is 12.7. The maximum atomic E-state index is 12.7. The topological polar surface area (TPSA) is 106 Å². The third-order valence-corrected chi connectivity index (χ3v) is 4.34. The van der Waals surface area contributed by atoms with E-state index in [0.717, 1.165) is 12.8 Å². The molecule has 1 amide bonds. The summed E-state index contributed by atoms with van der Waals surface area (Å²) in [5.74, 6) is 1.41. The zero-order valence-electron chi connectivity index (χ0n) is 14.0. The summed E-state index contributed by atoms with van der Waals surface area (Å²) in [6.07, 6.45) is 6.86. The molecule has 128 valence electrons. The Labute approximate surface area is 144 Å². The summed E-state index contributed by atoms with van der Waals surface area (Å²) in [6.45, 7) is 4.11. The number of aromatic nitrogens is 4. The number of nitrogens with one attached hydrogen (secondary N) is 2. The molecule has 1 aliphatic rings. The van der Waals surface area contributed by atoms with E-state index in [2.05, 4.69) is 37.5 Å². The van der Waals surface area contributed by atoms with Crippen LogP contribution in [-0.2, 0) is 6.54 Å². The van der Waals surface area contributed by atoms with Crippen molar-refractivity contribution < 1.29 is 9.21 Å². The number of furan rings is 1. The van der Waals surface area contributed by atoms with Crippen molar-refractivity contribution in [2.75, 3.05) is 5.32 Å². The van der Waals surface area contributed by atoms with Crippen molar-refractivity contribution in [1.82, 2.24) is 25.3 Å². The quantitative estimate of drug-likeness (QED) is 0.734. The number of amides is 1. The molecule has 0 unspecified atom stereocenters. The van der Waals surface area contributed by atoms with Crippen LogP contribution in [-0.4, -0.2) is 31.4 Å². The van der Waals surface area contributed by atoms with Crippen molar-refractivity contribution in [3.05, 3.63) is 41.9 Å². The lowest BCUT2D eigenvalue weighted by Gasteiger charge is -2.13. The number of hydrogen-bond donors (Lipinski definition) is 2. The number of hydrogen-bond acceptors (Lipinski definition) is 7. The second-order valence-corrected chi connectivity index (χ2v) is 6.47. The molecule has 1 saturated carbocycles. The smallest absolute Gasteiger partial charge is 0.256 e. The third-order valence-electron chi connectivity index (χ3n) is 4.34. The van der Waals surface area contributed by atoms with Gasteiger partial charge < -0.3 is 15.1 Å². The van der Waals surface area contributed by atoms with Gasteiger partial charge in [-0.25, -0.2) is 19.9 Å². The van der Waals surface area contributed by atoms with Gasteiger partial charge in [0, 0.05) is 17.9 Å². The molecule has 4 rings (SSSR count). The lowest BCUT2D eigenvalue weighted by molar-refractivity contribution is 0.0949. The normalized spacial score (nSPS) is 15.1. The molecule has 0 saturated heterocycles. The van der Waals surface area contributed by atoms with E-state index in [0.29, 0.717) is 34.1 Å². The lowest BCUT2D eigenvalue weighted by atomic mass is 10.1. The molecule has 0 radical (unpaired) electrons. The zero-order valence-corrected chi connectivity index (χ0v) is 14.0. The molecule has 3 aromatic heterocycles. The van der Waals surface area contributed by atoms with E-state index in [-0.39, 0.29) is 18.0 Å². The molecule has 8 heteroatoms. The van der Waals surface area contributed by atoms with Crippen LogP contribution in [0, 0.1) is 6.92 Å². The standard InChI is InChI=1S/C17H18N6O2/c1-10-12(15(24)20-8-11-18-6-3-7-19-11)13-14(23-17(2)4-5-17)21-9-22-16(13)25-10/h3,6-7,9H,4-5,8H2,1-2H3,(H,20,24)(H,21,22,23). The monoisotopic (exact) mass is 338 g/mol. The van der Waals surface area contributed by atoms with Gasteiger partial charge in [0.1, 0.15) is 23.7 Å².